The number of rotatable bonds is 4. The Labute approximate surface area is 86.4 Å². The Morgan fingerprint density at radius 2 is 2.08 bits per heavy atom. The molecule has 0 radical (unpaired) electrons. The number of halogens is 2. The summed E-state index contributed by atoms with van der Waals surface area (Å²) in [6, 6.07) is 0.346. The topological polar surface area (TPSA) is 26.0 Å². The quantitative estimate of drug-likeness (QED) is 0.712. The number of nitrogens with two attached hydrogens (primary N) is 1. The summed E-state index contributed by atoms with van der Waals surface area (Å²) >= 11 is 5.91. The van der Waals surface area contributed by atoms with Gasteiger partial charge in [-0.2, -0.15) is 0 Å². The second kappa shape index (κ2) is 5.31. The zero-order valence-corrected chi connectivity index (χ0v) is 9.26. The van der Waals surface area contributed by atoms with Gasteiger partial charge >= 0.3 is 0 Å². The molecule has 12 heavy (non-hydrogen) atoms. The van der Waals surface area contributed by atoms with Crippen molar-refractivity contribution < 1.29 is 0 Å². The molecule has 1 unspecified atom stereocenters. The Kier molecular flexibility index (Phi) is 5.55. The van der Waals surface area contributed by atoms with Crippen LogP contribution in [0.15, 0.2) is 0 Å². The lowest BCUT2D eigenvalue weighted by Crippen LogP contribution is -2.48. The second-order valence-corrected chi connectivity index (χ2v) is 4.01. The van der Waals surface area contributed by atoms with E-state index in [9.17, 15) is 0 Å². The van der Waals surface area contributed by atoms with E-state index in [0.29, 0.717) is 11.5 Å². The van der Waals surface area contributed by atoms with Crippen molar-refractivity contribution in [3.05, 3.63) is 0 Å². The van der Waals surface area contributed by atoms with E-state index in [-0.39, 0.29) is 12.4 Å². The molecule has 1 aliphatic rings. The lowest BCUT2D eigenvalue weighted by atomic mass is 9.64. The first-order chi connectivity index (χ1) is 5.25. The van der Waals surface area contributed by atoms with E-state index in [1.165, 1.54) is 25.7 Å². The molecule has 1 aliphatic carbocycles. The van der Waals surface area contributed by atoms with Crippen molar-refractivity contribution in [1.82, 2.24) is 0 Å². The highest BCUT2D eigenvalue weighted by molar-refractivity contribution is 6.18. The van der Waals surface area contributed by atoms with Crippen molar-refractivity contribution >= 4 is 24.0 Å². The maximum Gasteiger partial charge on any atom is 0.0294 e. The third kappa shape index (κ3) is 2.27. The van der Waals surface area contributed by atoms with Crippen molar-refractivity contribution in [3.63, 3.8) is 0 Å². The summed E-state index contributed by atoms with van der Waals surface area (Å²) in [6.45, 7) is 2.18. The summed E-state index contributed by atoms with van der Waals surface area (Å²) in [6.07, 6.45) is 6.13. The highest BCUT2D eigenvalue weighted by Gasteiger charge is 2.40. The minimum atomic E-state index is 0. The van der Waals surface area contributed by atoms with Crippen molar-refractivity contribution in [3.8, 4) is 0 Å². The zero-order valence-electron chi connectivity index (χ0n) is 7.68. The average molecular weight is 212 g/mol. The minimum absolute atomic E-state index is 0. The SMILES string of the molecule is CCCC(N)C1(CCl)CCC1.Cl. The van der Waals surface area contributed by atoms with Gasteiger partial charge in [0.15, 0.2) is 0 Å². The van der Waals surface area contributed by atoms with Crippen molar-refractivity contribution in [2.24, 2.45) is 11.1 Å². The largest absolute Gasteiger partial charge is 0.327 e. The van der Waals surface area contributed by atoms with Crippen LogP contribution in [0.2, 0.25) is 0 Å². The van der Waals surface area contributed by atoms with Gasteiger partial charge in [0, 0.05) is 11.9 Å². The highest BCUT2D eigenvalue weighted by Crippen LogP contribution is 2.45. The number of alkyl halides is 1. The Morgan fingerprint density at radius 3 is 2.33 bits per heavy atom. The maximum absolute atomic E-state index is 6.05. The van der Waals surface area contributed by atoms with Crippen LogP contribution >= 0.6 is 24.0 Å². The van der Waals surface area contributed by atoms with Gasteiger partial charge in [-0.05, 0) is 24.7 Å². The predicted molar refractivity (Wildman–Crippen MR) is 57.1 cm³/mol. The van der Waals surface area contributed by atoms with Gasteiger partial charge in [0.05, 0.1) is 0 Å². The van der Waals surface area contributed by atoms with Gasteiger partial charge in [-0.3, -0.25) is 0 Å². The summed E-state index contributed by atoms with van der Waals surface area (Å²) in [5, 5.41) is 0. The maximum atomic E-state index is 6.05. The average Bonchev–Trinajstić information content (AvgIpc) is 1.87. The number of hydrogen-bond donors (Lipinski definition) is 1. The molecule has 1 rings (SSSR count). The lowest BCUT2D eigenvalue weighted by molar-refractivity contribution is 0.118. The molecular weight excluding hydrogens is 193 g/mol. The Morgan fingerprint density at radius 1 is 1.50 bits per heavy atom. The van der Waals surface area contributed by atoms with Crippen molar-refractivity contribution in [1.29, 1.82) is 0 Å². The molecule has 1 fully saturated rings. The van der Waals surface area contributed by atoms with E-state index < -0.39 is 0 Å². The van der Waals surface area contributed by atoms with E-state index >= 15 is 0 Å². The summed E-state index contributed by atoms with van der Waals surface area (Å²) in [5.41, 5.74) is 6.37. The van der Waals surface area contributed by atoms with Crippen LogP contribution in [-0.4, -0.2) is 11.9 Å². The molecule has 3 heteroatoms. The summed E-state index contributed by atoms with van der Waals surface area (Å²) < 4.78 is 0. The van der Waals surface area contributed by atoms with E-state index in [0.717, 1.165) is 12.3 Å². The van der Waals surface area contributed by atoms with E-state index in [2.05, 4.69) is 6.92 Å². The molecule has 0 heterocycles. The standard InChI is InChI=1S/C9H18ClN.ClH/c1-2-4-8(11)9(7-10)5-3-6-9;/h8H,2-7,11H2,1H3;1H. The zero-order chi connectivity index (χ0) is 8.32. The molecule has 0 saturated heterocycles. The number of hydrogen-bond acceptors (Lipinski definition) is 1. The van der Waals surface area contributed by atoms with Crippen LogP contribution in [0.25, 0.3) is 0 Å². The molecule has 0 bridgehead atoms. The third-order valence-corrected chi connectivity index (χ3v) is 3.53. The van der Waals surface area contributed by atoms with Crippen LogP contribution in [0.1, 0.15) is 39.0 Å². The van der Waals surface area contributed by atoms with E-state index in [1.54, 1.807) is 0 Å². The van der Waals surface area contributed by atoms with Crippen LogP contribution in [0.5, 0.6) is 0 Å². The first kappa shape index (κ1) is 12.5. The fourth-order valence-corrected chi connectivity index (χ4v) is 2.32. The van der Waals surface area contributed by atoms with Gasteiger partial charge in [0.25, 0.3) is 0 Å². The van der Waals surface area contributed by atoms with Gasteiger partial charge in [-0.25, -0.2) is 0 Å². The summed E-state index contributed by atoms with van der Waals surface area (Å²) in [7, 11) is 0. The molecule has 74 valence electrons. The molecule has 1 saturated carbocycles. The predicted octanol–water partition coefficient (Wildman–Crippen LogP) is 2.94. The molecule has 0 aliphatic heterocycles. The van der Waals surface area contributed by atoms with Crippen molar-refractivity contribution in [2.45, 2.75) is 45.1 Å². The Balaban J connectivity index is 0.00000121. The molecule has 0 aromatic heterocycles. The second-order valence-electron chi connectivity index (χ2n) is 3.74. The van der Waals surface area contributed by atoms with Crippen LogP contribution < -0.4 is 5.73 Å². The highest BCUT2D eigenvalue weighted by atomic mass is 35.5. The molecule has 0 amide bonds. The van der Waals surface area contributed by atoms with Crippen LogP contribution in [0.4, 0.5) is 0 Å². The van der Waals surface area contributed by atoms with Crippen LogP contribution in [-0.2, 0) is 0 Å². The fourth-order valence-electron chi connectivity index (χ4n) is 1.85. The third-order valence-electron chi connectivity index (χ3n) is 3.00. The van der Waals surface area contributed by atoms with Gasteiger partial charge in [-0.1, -0.05) is 19.8 Å². The molecule has 0 aromatic rings. The normalized spacial score (nSPS) is 22.2. The lowest BCUT2D eigenvalue weighted by Gasteiger charge is -2.45. The minimum Gasteiger partial charge on any atom is -0.327 e. The summed E-state index contributed by atoms with van der Waals surface area (Å²) in [5.74, 6) is 0.758. The first-order valence-electron chi connectivity index (χ1n) is 4.57. The molecule has 2 N–H and O–H groups in total. The summed E-state index contributed by atoms with van der Waals surface area (Å²) in [4.78, 5) is 0. The molecule has 1 nitrogen and oxygen atoms in total. The van der Waals surface area contributed by atoms with Gasteiger partial charge < -0.3 is 5.73 Å². The van der Waals surface area contributed by atoms with Crippen molar-refractivity contribution in [2.75, 3.05) is 5.88 Å². The Bertz CT molecular complexity index is 118. The van der Waals surface area contributed by atoms with Gasteiger partial charge in [0.1, 0.15) is 0 Å². The monoisotopic (exact) mass is 211 g/mol. The molecular formula is C9H19Cl2N. The first-order valence-corrected chi connectivity index (χ1v) is 5.10. The molecule has 0 aromatic carbocycles. The van der Waals surface area contributed by atoms with Gasteiger partial charge in [0.2, 0.25) is 0 Å². The Hall–Kier alpha value is 0.540. The molecule has 0 spiro atoms. The van der Waals surface area contributed by atoms with Crippen LogP contribution in [0, 0.1) is 5.41 Å². The van der Waals surface area contributed by atoms with E-state index in [4.69, 9.17) is 17.3 Å². The van der Waals surface area contributed by atoms with Gasteiger partial charge in [-0.15, -0.1) is 24.0 Å². The van der Waals surface area contributed by atoms with Crippen LogP contribution in [0.3, 0.4) is 0 Å². The smallest absolute Gasteiger partial charge is 0.0294 e. The van der Waals surface area contributed by atoms with E-state index in [1.807, 2.05) is 0 Å². The molecule has 1 atom stereocenters. The fraction of sp³-hybridized carbons (Fsp3) is 1.00.